The average molecular weight is 342 g/mol. The zero-order valence-corrected chi connectivity index (χ0v) is 14.5. The highest BCUT2D eigenvalue weighted by Gasteiger charge is 2.34. The van der Waals surface area contributed by atoms with Crippen molar-refractivity contribution in [3.8, 4) is 0 Å². The Morgan fingerprint density at radius 3 is 2.43 bits per heavy atom. The lowest BCUT2D eigenvalue weighted by atomic mass is 9.97. The van der Waals surface area contributed by atoms with Crippen molar-refractivity contribution in [3.05, 3.63) is 30.1 Å². The number of halogens is 1. The molecule has 1 amide bonds. The Balaban J connectivity index is 2.14. The molecule has 1 aliphatic heterocycles. The van der Waals surface area contributed by atoms with Gasteiger partial charge in [-0.05, 0) is 57.9 Å². The van der Waals surface area contributed by atoms with E-state index in [2.05, 4.69) is 5.32 Å². The summed E-state index contributed by atoms with van der Waals surface area (Å²) >= 11 is 0. The lowest BCUT2D eigenvalue weighted by Gasteiger charge is -2.33. The summed E-state index contributed by atoms with van der Waals surface area (Å²) in [5.74, 6) is -0.972. The molecule has 0 aliphatic carbocycles. The molecule has 1 aromatic carbocycles. The van der Waals surface area contributed by atoms with Crippen LogP contribution in [0, 0.1) is 11.7 Å². The van der Waals surface area contributed by atoms with Gasteiger partial charge in [0, 0.05) is 18.6 Å². The minimum absolute atomic E-state index is 0.0516. The Bertz CT molecular complexity index is 666. The molecule has 0 spiro atoms. The van der Waals surface area contributed by atoms with Gasteiger partial charge in [-0.25, -0.2) is 12.8 Å². The van der Waals surface area contributed by atoms with Gasteiger partial charge >= 0.3 is 0 Å². The fourth-order valence-electron chi connectivity index (χ4n) is 2.60. The summed E-state index contributed by atoms with van der Waals surface area (Å²) in [5, 5.41) is 2.90. The molecule has 1 saturated heterocycles. The predicted molar refractivity (Wildman–Crippen MR) is 85.8 cm³/mol. The molecule has 5 nitrogen and oxygen atoms in total. The van der Waals surface area contributed by atoms with Crippen LogP contribution in [0.3, 0.4) is 0 Å². The van der Waals surface area contributed by atoms with E-state index in [9.17, 15) is 17.6 Å². The number of amides is 1. The molecule has 0 saturated carbocycles. The van der Waals surface area contributed by atoms with Gasteiger partial charge in [0.05, 0.1) is 10.8 Å². The van der Waals surface area contributed by atoms with Crippen LogP contribution in [0.15, 0.2) is 29.2 Å². The van der Waals surface area contributed by atoms with Gasteiger partial charge < -0.3 is 5.32 Å². The maximum Gasteiger partial charge on any atom is 0.243 e. The molecule has 128 valence electrons. The van der Waals surface area contributed by atoms with Gasteiger partial charge in [-0.1, -0.05) is 0 Å². The Hall–Kier alpha value is -1.47. The van der Waals surface area contributed by atoms with Gasteiger partial charge in [-0.2, -0.15) is 4.31 Å². The first-order chi connectivity index (χ1) is 10.6. The Labute approximate surface area is 136 Å². The minimum atomic E-state index is -3.70. The molecular weight excluding hydrogens is 319 g/mol. The van der Waals surface area contributed by atoms with E-state index in [0.717, 1.165) is 12.1 Å². The molecular formula is C16H23FN2O3S. The lowest BCUT2D eigenvalue weighted by molar-refractivity contribution is -0.127. The third-order valence-electron chi connectivity index (χ3n) is 3.70. The van der Waals surface area contributed by atoms with Crippen LogP contribution in [-0.2, 0) is 14.8 Å². The summed E-state index contributed by atoms with van der Waals surface area (Å²) in [7, 11) is -3.70. The molecule has 7 heteroatoms. The molecule has 1 atom stereocenters. The van der Waals surface area contributed by atoms with Crippen molar-refractivity contribution in [1.82, 2.24) is 9.62 Å². The van der Waals surface area contributed by atoms with Crippen LogP contribution < -0.4 is 5.32 Å². The number of benzene rings is 1. The Morgan fingerprint density at radius 1 is 1.26 bits per heavy atom. The van der Waals surface area contributed by atoms with Crippen LogP contribution in [0.5, 0.6) is 0 Å². The van der Waals surface area contributed by atoms with Gasteiger partial charge in [-0.3, -0.25) is 4.79 Å². The summed E-state index contributed by atoms with van der Waals surface area (Å²) < 4.78 is 39.5. The second kappa shape index (κ2) is 6.57. The molecule has 0 radical (unpaired) electrons. The van der Waals surface area contributed by atoms with Crippen molar-refractivity contribution >= 4 is 15.9 Å². The molecule has 1 heterocycles. The average Bonchev–Trinajstić information content (AvgIpc) is 2.46. The zero-order chi connectivity index (χ0) is 17.3. The fourth-order valence-corrected chi connectivity index (χ4v) is 4.13. The van der Waals surface area contributed by atoms with Gasteiger partial charge in [0.1, 0.15) is 5.82 Å². The van der Waals surface area contributed by atoms with Crippen LogP contribution >= 0.6 is 0 Å². The third kappa shape index (κ3) is 4.51. The van der Waals surface area contributed by atoms with E-state index in [4.69, 9.17) is 0 Å². The molecule has 0 aromatic heterocycles. The van der Waals surface area contributed by atoms with Gasteiger partial charge in [0.25, 0.3) is 0 Å². The first kappa shape index (κ1) is 17.9. The predicted octanol–water partition coefficient (Wildman–Crippen LogP) is 2.14. The molecule has 23 heavy (non-hydrogen) atoms. The summed E-state index contributed by atoms with van der Waals surface area (Å²) in [4.78, 5) is 12.3. The largest absolute Gasteiger partial charge is 0.351 e. The third-order valence-corrected chi connectivity index (χ3v) is 5.58. The van der Waals surface area contributed by atoms with Crippen molar-refractivity contribution < 1.29 is 17.6 Å². The Kier molecular flexibility index (Phi) is 5.10. The van der Waals surface area contributed by atoms with E-state index in [0.29, 0.717) is 19.4 Å². The SMILES string of the molecule is CC(C)(C)NC(=O)C1CCCN(S(=O)(=O)c2ccc(F)cc2)C1. The van der Waals surface area contributed by atoms with Crippen molar-refractivity contribution in [2.24, 2.45) is 5.92 Å². The standard InChI is InChI=1S/C16H23FN2O3S/c1-16(2,3)18-15(20)12-5-4-10-19(11-12)23(21,22)14-8-6-13(17)7-9-14/h6-9,12H,4-5,10-11H2,1-3H3,(H,18,20). The van der Waals surface area contributed by atoms with Crippen molar-refractivity contribution in [1.29, 1.82) is 0 Å². The van der Waals surface area contributed by atoms with Crippen molar-refractivity contribution in [2.45, 2.75) is 44.0 Å². The van der Waals surface area contributed by atoms with Crippen LogP contribution in [0.1, 0.15) is 33.6 Å². The van der Waals surface area contributed by atoms with Gasteiger partial charge in [0.2, 0.25) is 15.9 Å². The van der Waals surface area contributed by atoms with Gasteiger partial charge in [-0.15, -0.1) is 0 Å². The normalized spacial score (nSPS) is 20.3. The van der Waals surface area contributed by atoms with E-state index in [-0.39, 0.29) is 28.8 Å². The van der Waals surface area contributed by atoms with E-state index in [1.807, 2.05) is 20.8 Å². The molecule has 1 unspecified atom stereocenters. The first-order valence-corrected chi connectivity index (χ1v) is 9.11. The molecule has 1 fully saturated rings. The second-order valence-electron chi connectivity index (χ2n) is 6.90. The van der Waals surface area contributed by atoms with E-state index in [1.165, 1.54) is 16.4 Å². The molecule has 1 aromatic rings. The van der Waals surface area contributed by atoms with Crippen molar-refractivity contribution in [2.75, 3.05) is 13.1 Å². The van der Waals surface area contributed by atoms with Crippen LogP contribution in [0.4, 0.5) is 4.39 Å². The molecule has 1 N–H and O–H groups in total. The number of piperidine rings is 1. The summed E-state index contributed by atoms with van der Waals surface area (Å²) in [6, 6.07) is 4.76. The second-order valence-corrected chi connectivity index (χ2v) is 8.83. The van der Waals surface area contributed by atoms with Crippen LogP contribution in [0.2, 0.25) is 0 Å². The highest BCUT2D eigenvalue weighted by atomic mass is 32.2. The number of hydrogen-bond acceptors (Lipinski definition) is 3. The molecule has 2 rings (SSSR count). The monoisotopic (exact) mass is 342 g/mol. The van der Waals surface area contributed by atoms with E-state index < -0.39 is 15.8 Å². The number of nitrogens with zero attached hydrogens (tertiary/aromatic N) is 1. The maximum atomic E-state index is 13.0. The van der Waals surface area contributed by atoms with E-state index in [1.54, 1.807) is 0 Å². The summed E-state index contributed by atoms with van der Waals surface area (Å²) in [6.07, 6.45) is 1.29. The summed E-state index contributed by atoms with van der Waals surface area (Å²) in [5.41, 5.74) is -0.352. The highest BCUT2D eigenvalue weighted by molar-refractivity contribution is 7.89. The quantitative estimate of drug-likeness (QED) is 0.915. The lowest BCUT2D eigenvalue weighted by Crippen LogP contribution is -2.49. The van der Waals surface area contributed by atoms with Gasteiger partial charge in [0.15, 0.2) is 0 Å². The number of sulfonamides is 1. The van der Waals surface area contributed by atoms with E-state index >= 15 is 0 Å². The maximum absolute atomic E-state index is 13.0. The topological polar surface area (TPSA) is 66.5 Å². The number of rotatable bonds is 3. The number of nitrogens with one attached hydrogen (secondary N) is 1. The zero-order valence-electron chi connectivity index (χ0n) is 13.7. The summed E-state index contributed by atoms with van der Waals surface area (Å²) in [6.45, 7) is 6.20. The Morgan fingerprint density at radius 2 is 1.87 bits per heavy atom. The smallest absolute Gasteiger partial charge is 0.243 e. The fraction of sp³-hybridized carbons (Fsp3) is 0.562. The number of carbonyl (C=O) groups is 1. The first-order valence-electron chi connectivity index (χ1n) is 7.67. The molecule has 1 aliphatic rings. The number of hydrogen-bond donors (Lipinski definition) is 1. The molecule has 0 bridgehead atoms. The van der Waals surface area contributed by atoms with Crippen molar-refractivity contribution in [3.63, 3.8) is 0 Å². The minimum Gasteiger partial charge on any atom is -0.351 e. The highest BCUT2D eigenvalue weighted by Crippen LogP contribution is 2.24. The number of carbonyl (C=O) groups excluding carboxylic acids is 1. The van der Waals surface area contributed by atoms with Crippen LogP contribution in [0.25, 0.3) is 0 Å². The van der Waals surface area contributed by atoms with Crippen LogP contribution in [-0.4, -0.2) is 37.3 Å².